The van der Waals surface area contributed by atoms with Crippen LogP contribution in [0, 0.1) is 11.3 Å². The van der Waals surface area contributed by atoms with Gasteiger partial charge in [-0.15, -0.1) is 0 Å². The molecule has 1 aromatic carbocycles. The summed E-state index contributed by atoms with van der Waals surface area (Å²) in [5.74, 6) is 0.150. The van der Waals surface area contributed by atoms with Crippen LogP contribution in [0.1, 0.15) is 22.3 Å². The molecule has 4 aromatic rings. The lowest BCUT2D eigenvalue weighted by atomic mass is 10.1. The maximum atomic E-state index is 12.8. The average molecular weight is 413 g/mol. The highest BCUT2D eigenvalue weighted by atomic mass is 16.1. The van der Waals surface area contributed by atoms with Crippen molar-refractivity contribution in [2.24, 2.45) is 0 Å². The van der Waals surface area contributed by atoms with Gasteiger partial charge in [-0.05, 0) is 42.3 Å². The lowest BCUT2D eigenvalue weighted by Gasteiger charge is -2.06. The molecule has 31 heavy (non-hydrogen) atoms. The van der Waals surface area contributed by atoms with E-state index < -0.39 is 0 Å². The second kappa shape index (κ2) is 8.92. The lowest BCUT2D eigenvalue weighted by molar-refractivity contribution is 0.0952. The van der Waals surface area contributed by atoms with Crippen molar-refractivity contribution < 1.29 is 4.79 Å². The number of aromatic amines is 1. The Morgan fingerprint density at radius 3 is 2.71 bits per heavy atom. The smallest absolute Gasteiger partial charge is 0.280 e. The van der Waals surface area contributed by atoms with Gasteiger partial charge in [0.2, 0.25) is 0 Å². The molecular weight excluding hydrogens is 394 g/mol. The molecule has 9 nitrogen and oxygen atoms in total. The van der Waals surface area contributed by atoms with Crippen molar-refractivity contribution in [2.75, 3.05) is 6.54 Å². The van der Waals surface area contributed by atoms with Crippen LogP contribution in [0.2, 0.25) is 0 Å². The van der Waals surface area contributed by atoms with Gasteiger partial charge in [-0.2, -0.15) is 10.4 Å². The molecule has 9 heteroatoms. The topological polar surface area (TPSA) is 121 Å². The Balaban J connectivity index is 1.41. The van der Waals surface area contributed by atoms with E-state index >= 15 is 0 Å². The van der Waals surface area contributed by atoms with Crippen molar-refractivity contribution in [3.05, 3.63) is 88.7 Å². The number of rotatable bonds is 7. The molecule has 2 N–H and O–H groups in total. The number of hydrogen-bond acceptors (Lipinski definition) is 5. The van der Waals surface area contributed by atoms with Crippen LogP contribution in [0.5, 0.6) is 0 Å². The minimum Gasteiger partial charge on any atom is -0.352 e. The van der Waals surface area contributed by atoms with Gasteiger partial charge in [-0.25, -0.2) is 9.67 Å². The molecule has 0 unspecified atom stereocenters. The van der Waals surface area contributed by atoms with E-state index in [1.165, 1.54) is 10.9 Å². The van der Waals surface area contributed by atoms with Crippen molar-refractivity contribution in [1.29, 1.82) is 5.26 Å². The first-order chi connectivity index (χ1) is 15.2. The Bertz CT molecular complexity index is 1260. The second-order valence-electron chi connectivity index (χ2n) is 6.80. The molecule has 0 radical (unpaired) electrons. The van der Waals surface area contributed by atoms with Crippen LogP contribution in [0.25, 0.3) is 16.9 Å². The van der Waals surface area contributed by atoms with Crippen molar-refractivity contribution >= 4 is 5.91 Å². The van der Waals surface area contributed by atoms with Gasteiger partial charge < -0.3 is 5.32 Å². The highest BCUT2D eigenvalue weighted by Gasteiger charge is 2.12. The Kier molecular flexibility index (Phi) is 5.71. The number of pyridine rings is 1. The third-order valence-corrected chi connectivity index (χ3v) is 4.74. The van der Waals surface area contributed by atoms with Crippen molar-refractivity contribution in [1.82, 2.24) is 29.9 Å². The van der Waals surface area contributed by atoms with E-state index in [-0.39, 0.29) is 11.5 Å². The molecule has 0 fully saturated rings. The Morgan fingerprint density at radius 1 is 1.19 bits per heavy atom. The maximum absolute atomic E-state index is 12.8. The minimum atomic E-state index is -0.270. The first-order valence-electron chi connectivity index (χ1n) is 9.69. The molecular formula is C22H19N7O2. The molecule has 3 aromatic heterocycles. The highest BCUT2D eigenvalue weighted by molar-refractivity contribution is 5.93. The summed E-state index contributed by atoms with van der Waals surface area (Å²) in [7, 11) is 0. The number of hydrogen-bond donors (Lipinski definition) is 2. The SMILES string of the molecule is N#Cc1ccc(-c2c[nH]n(-c3ccc(C(=O)NCCCn4cccn4)cn3)c2=O)cc1. The maximum Gasteiger partial charge on any atom is 0.280 e. The number of nitriles is 1. The summed E-state index contributed by atoms with van der Waals surface area (Å²) in [6.07, 6.45) is 7.38. The number of amides is 1. The number of aryl methyl sites for hydroxylation is 1. The summed E-state index contributed by atoms with van der Waals surface area (Å²) in [5, 5.41) is 18.8. The average Bonchev–Trinajstić information content (AvgIpc) is 3.46. The predicted molar refractivity (Wildman–Crippen MR) is 114 cm³/mol. The van der Waals surface area contributed by atoms with Crippen molar-refractivity contribution in [3.63, 3.8) is 0 Å². The quantitative estimate of drug-likeness (QED) is 0.450. The van der Waals surface area contributed by atoms with Gasteiger partial charge in [0.05, 0.1) is 22.8 Å². The van der Waals surface area contributed by atoms with Gasteiger partial charge in [0.15, 0.2) is 5.82 Å². The number of carbonyl (C=O) groups excluding carboxylic acids is 1. The summed E-state index contributed by atoms with van der Waals surface area (Å²) in [6, 6.07) is 13.9. The standard InChI is InChI=1S/C22H19N7O2/c23-13-16-3-5-17(6-4-16)19-15-27-29(22(19)31)20-8-7-18(14-25-20)21(30)24-9-1-11-28-12-2-10-26-28/h2-8,10,12,14-15,27H,1,9,11H2,(H,24,30). The molecule has 0 saturated heterocycles. The zero-order valence-electron chi connectivity index (χ0n) is 16.5. The van der Waals surface area contributed by atoms with E-state index in [2.05, 4.69) is 26.6 Å². The van der Waals surface area contributed by atoms with Crippen LogP contribution in [-0.2, 0) is 6.54 Å². The number of aromatic nitrogens is 5. The third-order valence-electron chi connectivity index (χ3n) is 4.74. The van der Waals surface area contributed by atoms with Gasteiger partial charge in [0.25, 0.3) is 11.5 Å². The van der Waals surface area contributed by atoms with Gasteiger partial charge in [0.1, 0.15) is 0 Å². The molecule has 1 amide bonds. The molecule has 3 heterocycles. The minimum absolute atomic E-state index is 0.225. The van der Waals surface area contributed by atoms with E-state index in [1.807, 2.05) is 16.9 Å². The molecule has 0 aliphatic carbocycles. The number of nitrogens with zero attached hydrogens (tertiary/aromatic N) is 5. The van der Waals surface area contributed by atoms with Crippen LogP contribution in [0.15, 0.2) is 72.0 Å². The van der Waals surface area contributed by atoms with E-state index in [1.54, 1.807) is 48.8 Å². The summed E-state index contributed by atoms with van der Waals surface area (Å²) >= 11 is 0. The van der Waals surface area contributed by atoms with E-state index in [9.17, 15) is 9.59 Å². The molecule has 0 aliphatic heterocycles. The number of carbonyl (C=O) groups is 1. The molecule has 4 rings (SSSR count). The molecule has 0 saturated carbocycles. The van der Waals surface area contributed by atoms with Crippen LogP contribution in [0.4, 0.5) is 0 Å². The number of benzene rings is 1. The van der Waals surface area contributed by atoms with Crippen LogP contribution in [0.3, 0.4) is 0 Å². The fourth-order valence-corrected chi connectivity index (χ4v) is 3.10. The predicted octanol–water partition coefficient (Wildman–Crippen LogP) is 2.12. The molecule has 154 valence electrons. The van der Waals surface area contributed by atoms with E-state index in [0.29, 0.717) is 34.6 Å². The Hall–Kier alpha value is -4.45. The Labute approximate surface area is 177 Å². The number of H-pyrrole nitrogens is 1. The zero-order valence-corrected chi connectivity index (χ0v) is 16.5. The molecule has 0 atom stereocenters. The molecule has 0 bridgehead atoms. The summed E-state index contributed by atoms with van der Waals surface area (Å²) in [6.45, 7) is 1.24. The number of nitrogens with one attached hydrogen (secondary N) is 2. The van der Waals surface area contributed by atoms with Gasteiger partial charge >= 0.3 is 0 Å². The van der Waals surface area contributed by atoms with Gasteiger partial charge in [0, 0.05) is 37.9 Å². The van der Waals surface area contributed by atoms with Gasteiger partial charge in [-0.3, -0.25) is 19.4 Å². The van der Waals surface area contributed by atoms with Gasteiger partial charge in [-0.1, -0.05) is 12.1 Å². The Morgan fingerprint density at radius 2 is 2.03 bits per heavy atom. The van der Waals surface area contributed by atoms with E-state index in [4.69, 9.17) is 5.26 Å². The first-order valence-corrected chi connectivity index (χ1v) is 9.69. The van der Waals surface area contributed by atoms with E-state index in [0.717, 1.165) is 13.0 Å². The van der Waals surface area contributed by atoms with Crippen LogP contribution in [-0.4, -0.2) is 37.0 Å². The zero-order chi connectivity index (χ0) is 21.6. The summed E-state index contributed by atoms with van der Waals surface area (Å²) in [5.41, 5.74) is 1.83. The summed E-state index contributed by atoms with van der Waals surface area (Å²) in [4.78, 5) is 29.3. The highest BCUT2D eigenvalue weighted by Crippen LogP contribution is 2.16. The van der Waals surface area contributed by atoms with Crippen LogP contribution < -0.4 is 10.9 Å². The lowest BCUT2D eigenvalue weighted by Crippen LogP contribution is -2.25. The monoisotopic (exact) mass is 413 g/mol. The fraction of sp³-hybridized carbons (Fsp3) is 0.136. The summed E-state index contributed by atoms with van der Waals surface area (Å²) < 4.78 is 3.11. The third kappa shape index (κ3) is 4.43. The molecule has 0 spiro atoms. The largest absolute Gasteiger partial charge is 0.352 e. The first kappa shape index (κ1) is 19.8. The molecule has 0 aliphatic rings. The fourth-order valence-electron chi connectivity index (χ4n) is 3.10. The van der Waals surface area contributed by atoms with Crippen LogP contribution >= 0.6 is 0 Å². The van der Waals surface area contributed by atoms with Crippen molar-refractivity contribution in [3.8, 4) is 23.0 Å². The second-order valence-corrected chi connectivity index (χ2v) is 6.80. The van der Waals surface area contributed by atoms with Crippen molar-refractivity contribution in [2.45, 2.75) is 13.0 Å². The normalized spacial score (nSPS) is 10.5.